The highest BCUT2D eigenvalue weighted by molar-refractivity contribution is 5.95. The topological polar surface area (TPSA) is 127 Å². The fraction of sp³-hybridized carbons (Fsp3) is 0.200. The van der Waals surface area contributed by atoms with Crippen LogP contribution in [0.4, 0.5) is 0 Å². The van der Waals surface area contributed by atoms with Gasteiger partial charge in [-0.3, -0.25) is 9.59 Å². The smallest absolute Gasteiger partial charge is 0.300 e. The van der Waals surface area contributed by atoms with Crippen LogP contribution in [0, 0.1) is 0 Å². The number of nitrogens with zero attached hydrogens (tertiary/aromatic N) is 3. The predicted molar refractivity (Wildman–Crippen MR) is 108 cm³/mol. The van der Waals surface area contributed by atoms with Crippen molar-refractivity contribution in [2.75, 3.05) is 6.54 Å². The molecule has 0 radical (unpaired) electrons. The number of carboxylic acid groups (broad SMARTS) is 1. The third kappa shape index (κ3) is 4.07. The van der Waals surface area contributed by atoms with E-state index in [1.807, 2.05) is 30.5 Å². The largest absolute Gasteiger partial charge is 0.481 e. The van der Waals surface area contributed by atoms with Crippen LogP contribution < -0.4 is 11.3 Å². The molecule has 0 atom stereocenters. The van der Waals surface area contributed by atoms with E-state index in [0.717, 1.165) is 36.4 Å². The third-order valence-electron chi connectivity index (χ3n) is 4.11. The van der Waals surface area contributed by atoms with Gasteiger partial charge in [-0.1, -0.05) is 18.2 Å². The van der Waals surface area contributed by atoms with Crippen molar-refractivity contribution < 1.29 is 9.90 Å². The van der Waals surface area contributed by atoms with E-state index in [2.05, 4.69) is 19.5 Å². The second-order valence-electron chi connectivity index (χ2n) is 6.20. The van der Waals surface area contributed by atoms with Crippen molar-refractivity contribution in [2.45, 2.75) is 19.9 Å². The minimum atomic E-state index is -0.833. The van der Waals surface area contributed by atoms with Crippen LogP contribution in [0.2, 0.25) is 0 Å². The lowest BCUT2D eigenvalue weighted by Gasteiger charge is -2.02. The maximum atomic E-state index is 12.5. The summed E-state index contributed by atoms with van der Waals surface area (Å²) in [5.41, 5.74) is 8.88. The molecule has 1 aromatic carbocycles. The summed E-state index contributed by atoms with van der Waals surface area (Å²) >= 11 is 0. The Balaban J connectivity index is 0.000000516. The van der Waals surface area contributed by atoms with Crippen LogP contribution >= 0.6 is 0 Å². The summed E-state index contributed by atoms with van der Waals surface area (Å²) in [5.74, 6) is -0.833. The summed E-state index contributed by atoms with van der Waals surface area (Å²) in [4.78, 5) is 33.1. The Kier molecular flexibility index (Phi) is 5.81. The number of nitrogens with one attached hydrogen (secondary N) is 1. The minimum absolute atomic E-state index is 0.211. The van der Waals surface area contributed by atoms with E-state index in [-0.39, 0.29) is 5.56 Å². The van der Waals surface area contributed by atoms with E-state index in [0.29, 0.717) is 23.4 Å². The van der Waals surface area contributed by atoms with Gasteiger partial charge in [0.05, 0.1) is 5.52 Å². The average Bonchev–Trinajstić information content (AvgIpc) is 3.04. The van der Waals surface area contributed by atoms with Gasteiger partial charge < -0.3 is 20.4 Å². The van der Waals surface area contributed by atoms with Crippen LogP contribution in [-0.2, 0) is 11.3 Å². The first-order valence-corrected chi connectivity index (χ1v) is 8.84. The van der Waals surface area contributed by atoms with E-state index < -0.39 is 5.97 Å². The van der Waals surface area contributed by atoms with Gasteiger partial charge in [0.2, 0.25) is 0 Å². The molecule has 0 spiro atoms. The summed E-state index contributed by atoms with van der Waals surface area (Å²) in [6.45, 7) is 2.52. The number of aromatic nitrogens is 4. The molecule has 0 aliphatic heterocycles. The highest BCUT2D eigenvalue weighted by atomic mass is 16.4. The van der Waals surface area contributed by atoms with E-state index in [9.17, 15) is 4.79 Å². The van der Waals surface area contributed by atoms with Crippen LogP contribution in [0.3, 0.4) is 0 Å². The van der Waals surface area contributed by atoms with Crippen molar-refractivity contribution in [3.05, 3.63) is 59.1 Å². The van der Waals surface area contributed by atoms with Crippen molar-refractivity contribution in [2.24, 2.45) is 5.73 Å². The molecule has 3 heterocycles. The number of hydrogen-bond donors (Lipinski definition) is 3. The van der Waals surface area contributed by atoms with E-state index in [1.165, 1.54) is 0 Å². The van der Waals surface area contributed by atoms with Gasteiger partial charge in [-0.2, -0.15) is 0 Å². The quantitative estimate of drug-likeness (QED) is 0.500. The summed E-state index contributed by atoms with van der Waals surface area (Å²) in [6.07, 6.45) is 4.52. The molecular weight excluding hydrogens is 358 g/mol. The lowest BCUT2D eigenvalue weighted by atomic mass is 10.1. The summed E-state index contributed by atoms with van der Waals surface area (Å²) in [5, 5.41) is 8.42. The lowest BCUT2D eigenvalue weighted by Crippen LogP contribution is -2.11. The number of pyridine rings is 1. The summed E-state index contributed by atoms with van der Waals surface area (Å²) < 4.78 is 2.13. The fourth-order valence-electron chi connectivity index (χ4n) is 2.99. The number of hydrogen-bond acceptors (Lipinski definition) is 5. The molecule has 0 saturated heterocycles. The van der Waals surface area contributed by atoms with Crippen molar-refractivity contribution in [1.82, 2.24) is 19.5 Å². The fourth-order valence-corrected chi connectivity index (χ4v) is 2.99. The second-order valence-corrected chi connectivity index (χ2v) is 6.20. The molecule has 3 aromatic heterocycles. The summed E-state index contributed by atoms with van der Waals surface area (Å²) in [7, 11) is 0. The normalized spacial score (nSPS) is 10.6. The molecule has 8 nitrogen and oxygen atoms in total. The molecular formula is C20H21N5O3. The highest BCUT2D eigenvalue weighted by Gasteiger charge is 2.15. The molecule has 4 rings (SSSR count). The molecule has 8 heteroatoms. The number of nitrogens with two attached hydrogens (primary N) is 1. The third-order valence-corrected chi connectivity index (χ3v) is 4.11. The first-order valence-electron chi connectivity index (χ1n) is 8.84. The van der Waals surface area contributed by atoms with Gasteiger partial charge in [0.25, 0.3) is 11.5 Å². The van der Waals surface area contributed by atoms with Crippen molar-refractivity contribution in [3.63, 3.8) is 0 Å². The number of aryl methyl sites for hydroxylation is 1. The molecule has 28 heavy (non-hydrogen) atoms. The molecule has 0 unspecified atom stereocenters. The highest BCUT2D eigenvalue weighted by Crippen LogP contribution is 2.28. The van der Waals surface area contributed by atoms with Gasteiger partial charge in [0.15, 0.2) is 5.65 Å². The number of fused-ring (bicyclic) bond motifs is 2. The van der Waals surface area contributed by atoms with Crippen LogP contribution in [0.5, 0.6) is 0 Å². The number of carbonyl (C=O) groups is 1. The number of carboxylic acids is 1. The molecule has 0 aliphatic rings. The standard InChI is InChI=1S/C18H17N5O.C2H4O2/c19-8-4-10-23-11-13(12-5-1-2-7-15(12)23)16-18(24)21-14-6-3-9-20-17(14)22-16;1-2(3)4/h1-3,5-7,9,11H,4,8,10,19H2,(H,21,24);1H3,(H,3,4). The molecule has 0 amide bonds. The maximum absolute atomic E-state index is 12.5. The first-order chi connectivity index (χ1) is 13.5. The van der Waals surface area contributed by atoms with Gasteiger partial charge in [0.1, 0.15) is 5.69 Å². The monoisotopic (exact) mass is 379 g/mol. The Morgan fingerprint density at radius 1 is 1.25 bits per heavy atom. The van der Waals surface area contributed by atoms with Gasteiger partial charge in [-0.05, 0) is 31.2 Å². The number of aliphatic carboxylic acids is 1. The maximum Gasteiger partial charge on any atom is 0.300 e. The van der Waals surface area contributed by atoms with E-state index in [1.54, 1.807) is 18.3 Å². The molecule has 144 valence electrons. The number of aromatic amines is 1. The number of para-hydroxylation sites is 1. The van der Waals surface area contributed by atoms with Crippen LogP contribution in [-0.4, -0.2) is 37.1 Å². The Hall–Kier alpha value is -3.52. The van der Waals surface area contributed by atoms with Crippen LogP contribution in [0.1, 0.15) is 13.3 Å². The Morgan fingerprint density at radius 3 is 2.75 bits per heavy atom. The van der Waals surface area contributed by atoms with E-state index in [4.69, 9.17) is 15.6 Å². The first kappa shape index (κ1) is 19.2. The van der Waals surface area contributed by atoms with Crippen LogP contribution in [0.25, 0.3) is 33.3 Å². The molecule has 0 fully saturated rings. The zero-order chi connectivity index (χ0) is 20.1. The number of benzene rings is 1. The molecule has 0 bridgehead atoms. The van der Waals surface area contributed by atoms with Crippen molar-refractivity contribution >= 4 is 28.0 Å². The average molecular weight is 379 g/mol. The van der Waals surface area contributed by atoms with E-state index >= 15 is 0 Å². The lowest BCUT2D eigenvalue weighted by molar-refractivity contribution is -0.134. The second kappa shape index (κ2) is 8.45. The number of rotatable bonds is 4. The Bertz CT molecular complexity index is 1180. The Labute approximate surface area is 160 Å². The zero-order valence-corrected chi connectivity index (χ0v) is 15.4. The van der Waals surface area contributed by atoms with Crippen molar-refractivity contribution in [3.8, 4) is 11.3 Å². The predicted octanol–water partition coefficient (Wildman–Crippen LogP) is 2.38. The number of H-pyrrole nitrogens is 1. The van der Waals surface area contributed by atoms with Crippen molar-refractivity contribution in [1.29, 1.82) is 0 Å². The SMILES string of the molecule is CC(=O)O.NCCCn1cc(-c2nc3ncccc3[nH]c2=O)c2ccccc21. The molecule has 4 N–H and O–H groups in total. The Morgan fingerprint density at radius 2 is 2.00 bits per heavy atom. The molecule has 4 aromatic rings. The zero-order valence-electron chi connectivity index (χ0n) is 15.4. The van der Waals surface area contributed by atoms with Gasteiger partial charge in [0, 0.05) is 42.3 Å². The van der Waals surface area contributed by atoms with Crippen LogP contribution in [0.15, 0.2) is 53.6 Å². The molecule has 0 aliphatic carbocycles. The van der Waals surface area contributed by atoms with Gasteiger partial charge in [-0.15, -0.1) is 0 Å². The minimum Gasteiger partial charge on any atom is -0.481 e. The van der Waals surface area contributed by atoms with Gasteiger partial charge >= 0.3 is 0 Å². The van der Waals surface area contributed by atoms with Gasteiger partial charge in [-0.25, -0.2) is 9.97 Å². The summed E-state index contributed by atoms with van der Waals surface area (Å²) in [6, 6.07) is 11.6. The molecule has 0 saturated carbocycles.